The van der Waals surface area contributed by atoms with Crippen molar-refractivity contribution in [3.8, 4) is 11.4 Å². The highest BCUT2D eigenvalue weighted by Gasteiger charge is 2.44. The minimum absolute atomic E-state index is 0.0517. The van der Waals surface area contributed by atoms with E-state index in [1.54, 1.807) is 9.47 Å². The van der Waals surface area contributed by atoms with Gasteiger partial charge in [-0.2, -0.15) is 8.78 Å². The van der Waals surface area contributed by atoms with Gasteiger partial charge in [0.1, 0.15) is 17.3 Å². The monoisotopic (exact) mass is 514 g/mol. The van der Waals surface area contributed by atoms with Crippen molar-refractivity contribution in [2.75, 3.05) is 18.0 Å². The molecular weight excluding hydrogens is 488 g/mol. The lowest BCUT2D eigenvalue weighted by molar-refractivity contribution is 0.0128. The molecular formula is C26H26F4N6O. The standard InChI is InChI=1S/C26H26F4N6O/c1-5-34-24(37)21-23(36-13-19(14(2)3)32-25(34)36)35(12-15-6-8-17(27)18(28)10-15)22(33-21)16-7-9-20(31-11-16)26(4,29)30/h6-11,14,19H,5,12-13H2,1-4H3/t19-/m0/s1. The van der Waals surface area contributed by atoms with E-state index in [9.17, 15) is 22.4 Å². The van der Waals surface area contributed by atoms with Gasteiger partial charge in [0.15, 0.2) is 17.3 Å². The summed E-state index contributed by atoms with van der Waals surface area (Å²) in [6, 6.07) is 6.19. The average Bonchev–Trinajstić information content (AvgIpc) is 3.44. The fraction of sp³-hybridized carbons (Fsp3) is 0.385. The number of fused-ring (bicyclic) bond motifs is 3. The molecule has 2 aromatic heterocycles. The summed E-state index contributed by atoms with van der Waals surface area (Å²) >= 11 is 0. The molecule has 0 fully saturated rings. The molecule has 1 aromatic carbocycles. The number of hydrogen-bond acceptors (Lipinski definition) is 5. The van der Waals surface area contributed by atoms with Crippen molar-refractivity contribution in [1.82, 2.24) is 19.4 Å². The summed E-state index contributed by atoms with van der Waals surface area (Å²) in [5, 5.41) is 0. The predicted molar refractivity (Wildman–Crippen MR) is 131 cm³/mol. The van der Waals surface area contributed by atoms with E-state index in [4.69, 9.17) is 4.99 Å². The Kier molecular flexibility index (Phi) is 6.04. The molecule has 4 heterocycles. The molecule has 7 nitrogen and oxygen atoms in total. The molecule has 0 aliphatic carbocycles. The molecule has 3 aromatic rings. The summed E-state index contributed by atoms with van der Waals surface area (Å²) in [5.74, 6) is -3.94. The molecule has 0 bridgehead atoms. The van der Waals surface area contributed by atoms with Crippen LogP contribution in [-0.2, 0) is 12.5 Å². The fourth-order valence-electron chi connectivity index (χ4n) is 4.63. The number of amides is 1. The zero-order valence-corrected chi connectivity index (χ0v) is 20.8. The zero-order valence-electron chi connectivity index (χ0n) is 20.8. The number of guanidine groups is 1. The van der Waals surface area contributed by atoms with Crippen LogP contribution in [0.25, 0.3) is 11.4 Å². The van der Waals surface area contributed by atoms with Crippen LogP contribution < -0.4 is 4.90 Å². The first kappa shape index (κ1) is 24.9. The second-order valence-corrected chi connectivity index (χ2v) is 9.66. The lowest BCUT2D eigenvalue weighted by atomic mass is 10.1. The van der Waals surface area contributed by atoms with E-state index in [0.717, 1.165) is 19.1 Å². The molecule has 0 unspecified atom stereocenters. The Morgan fingerprint density at radius 1 is 1.14 bits per heavy atom. The van der Waals surface area contributed by atoms with Gasteiger partial charge in [0.05, 0.1) is 19.1 Å². The van der Waals surface area contributed by atoms with E-state index < -0.39 is 23.3 Å². The minimum atomic E-state index is -3.12. The maximum Gasteiger partial charge on any atom is 0.286 e. The van der Waals surface area contributed by atoms with Crippen LogP contribution in [0.15, 0.2) is 41.5 Å². The molecule has 0 saturated carbocycles. The summed E-state index contributed by atoms with van der Waals surface area (Å²) in [6.45, 7) is 7.64. The van der Waals surface area contributed by atoms with E-state index in [-0.39, 0.29) is 30.1 Å². The number of carbonyl (C=O) groups is 1. The Bertz CT molecular complexity index is 1390. The predicted octanol–water partition coefficient (Wildman–Crippen LogP) is 5.06. The van der Waals surface area contributed by atoms with E-state index in [1.165, 1.54) is 24.4 Å². The maximum absolute atomic E-state index is 14.1. The van der Waals surface area contributed by atoms with Crippen LogP contribution in [-0.4, -0.2) is 50.4 Å². The molecule has 2 aliphatic rings. The second kappa shape index (κ2) is 8.97. The van der Waals surface area contributed by atoms with Gasteiger partial charge in [-0.3, -0.25) is 19.6 Å². The van der Waals surface area contributed by atoms with Crippen molar-refractivity contribution in [3.05, 3.63) is 65.1 Å². The van der Waals surface area contributed by atoms with Crippen molar-refractivity contribution >= 4 is 17.7 Å². The van der Waals surface area contributed by atoms with Gasteiger partial charge >= 0.3 is 0 Å². The molecule has 2 aliphatic heterocycles. The van der Waals surface area contributed by atoms with Gasteiger partial charge < -0.3 is 4.57 Å². The SMILES string of the molecule is CCN1C(=O)c2nc(-c3ccc(C(C)(F)F)nc3)n(Cc3ccc(F)c(F)c3)c2N2C[C@@H](C(C)C)N=C12. The highest BCUT2D eigenvalue weighted by Crippen LogP contribution is 2.38. The first-order chi connectivity index (χ1) is 17.5. The van der Waals surface area contributed by atoms with Crippen LogP contribution in [0.5, 0.6) is 0 Å². The highest BCUT2D eigenvalue weighted by molar-refractivity contribution is 6.18. The first-order valence-electron chi connectivity index (χ1n) is 12.1. The van der Waals surface area contributed by atoms with Gasteiger partial charge in [-0.1, -0.05) is 19.9 Å². The first-order valence-corrected chi connectivity index (χ1v) is 12.1. The quantitative estimate of drug-likeness (QED) is 0.432. The van der Waals surface area contributed by atoms with Gasteiger partial charge in [-0.25, -0.2) is 18.8 Å². The Morgan fingerprint density at radius 3 is 2.49 bits per heavy atom. The van der Waals surface area contributed by atoms with E-state index in [0.29, 0.717) is 41.8 Å². The molecule has 11 heteroatoms. The van der Waals surface area contributed by atoms with Crippen LogP contribution in [0.3, 0.4) is 0 Å². The third kappa shape index (κ3) is 4.25. The number of carbonyl (C=O) groups excluding carboxylic acids is 1. The zero-order chi connectivity index (χ0) is 26.6. The van der Waals surface area contributed by atoms with Crippen molar-refractivity contribution in [2.45, 2.75) is 46.2 Å². The molecule has 5 rings (SSSR count). The smallest absolute Gasteiger partial charge is 0.286 e. The number of imidazole rings is 1. The van der Waals surface area contributed by atoms with Crippen molar-refractivity contribution < 1.29 is 22.4 Å². The fourth-order valence-corrected chi connectivity index (χ4v) is 4.63. The molecule has 0 spiro atoms. The Labute approximate surface area is 211 Å². The molecule has 194 valence electrons. The van der Waals surface area contributed by atoms with Crippen molar-refractivity contribution in [2.24, 2.45) is 10.9 Å². The van der Waals surface area contributed by atoms with Gasteiger partial charge in [0, 0.05) is 25.2 Å². The third-order valence-corrected chi connectivity index (χ3v) is 6.66. The van der Waals surface area contributed by atoms with Gasteiger partial charge in [-0.05, 0) is 42.7 Å². The van der Waals surface area contributed by atoms with Crippen LogP contribution in [0.1, 0.15) is 49.4 Å². The number of hydrogen-bond donors (Lipinski definition) is 0. The summed E-state index contributed by atoms with van der Waals surface area (Å²) < 4.78 is 57.0. The summed E-state index contributed by atoms with van der Waals surface area (Å²) in [6.07, 6.45) is 1.28. The lowest BCUT2D eigenvalue weighted by Crippen LogP contribution is -2.50. The Morgan fingerprint density at radius 2 is 1.89 bits per heavy atom. The Balaban J connectivity index is 1.69. The average molecular weight is 515 g/mol. The Hall–Kier alpha value is -3.76. The van der Waals surface area contributed by atoms with E-state index in [2.05, 4.69) is 9.97 Å². The highest BCUT2D eigenvalue weighted by atomic mass is 19.3. The van der Waals surface area contributed by atoms with Crippen LogP contribution in [0.2, 0.25) is 0 Å². The molecule has 0 N–H and O–H groups in total. The van der Waals surface area contributed by atoms with E-state index >= 15 is 0 Å². The van der Waals surface area contributed by atoms with Gasteiger partial charge in [0.25, 0.3) is 11.8 Å². The number of pyridine rings is 1. The maximum atomic E-state index is 14.1. The summed E-state index contributed by atoms with van der Waals surface area (Å²) in [4.78, 5) is 30.4. The van der Waals surface area contributed by atoms with Crippen molar-refractivity contribution in [3.63, 3.8) is 0 Å². The molecule has 0 radical (unpaired) electrons. The van der Waals surface area contributed by atoms with Gasteiger partial charge in [-0.15, -0.1) is 0 Å². The van der Waals surface area contributed by atoms with Crippen LogP contribution in [0, 0.1) is 17.6 Å². The number of alkyl halides is 2. The molecule has 1 atom stereocenters. The second-order valence-electron chi connectivity index (χ2n) is 9.66. The number of rotatable bonds is 6. The number of benzene rings is 1. The minimum Gasteiger partial charge on any atom is -0.305 e. The van der Waals surface area contributed by atoms with Crippen LogP contribution in [0.4, 0.5) is 23.4 Å². The molecule has 1 amide bonds. The normalized spacial score (nSPS) is 17.4. The number of aromatic nitrogens is 3. The topological polar surface area (TPSA) is 66.6 Å². The van der Waals surface area contributed by atoms with Crippen molar-refractivity contribution in [1.29, 1.82) is 0 Å². The summed E-state index contributed by atoms with van der Waals surface area (Å²) in [7, 11) is 0. The summed E-state index contributed by atoms with van der Waals surface area (Å²) in [5.41, 5.74) is 0.613. The molecule has 0 saturated heterocycles. The third-order valence-electron chi connectivity index (χ3n) is 6.66. The van der Waals surface area contributed by atoms with Crippen LogP contribution >= 0.6 is 0 Å². The largest absolute Gasteiger partial charge is 0.305 e. The lowest BCUT2D eigenvalue weighted by Gasteiger charge is -2.33. The van der Waals surface area contributed by atoms with Gasteiger partial charge in [0.2, 0.25) is 5.96 Å². The number of halogens is 4. The number of aliphatic imine (C=N–C) groups is 1. The van der Waals surface area contributed by atoms with E-state index in [1.807, 2.05) is 25.7 Å². The number of nitrogens with zero attached hydrogens (tertiary/aromatic N) is 6. The molecule has 37 heavy (non-hydrogen) atoms. The number of anilines is 1.